The maximum atomic E-state index is 12.9. The molecule has 7 nitrogen and oxygen atoms in total. The zero-order valence-corrected chi connectivity index (χ0v) is 21.0. The monoisotopic (exact) mass is 496 g/mol. The van der Waals surface area contributed by atoms with Gasteiger partial charge < -0.3 is 24.4 Å². The van der Waals surface area contributed by atoms with Crippen molar-refractivity contribution in [2.45, 2.75) is 63.8 Å². The molecule has 2 heterocycles. The third kappa shape index (κ3) is 4.31. The molecule has 0 amide bonds. The Bertz CT molecular complexity index is 1060. The Hall–Kier alpha value is -2.48. The summed E-state index contributed by atoms with van der Waals surface area (Å²) in [6.45, 7) is 4.92. The molecule has 1 spiro atoms. The van der Waals surface area contributed by atoms with E-state index in [1.165, 1.54) is 6.08 Å². The van der Waals surface area contributed by atoms with Gasteiger partial charge in [0.25, 0.3) is 0 Å². The lowest BCUT2D eigenvalue weighted by Gasteiger charge is -2.61. The third-order valence-electron chi connectivity index (χ3n) is 9.47. The molecule has 7 atom stereocenters. The van der Waals surface area contributed by atoms with Gasteiger partial charge in [0.2, 0.25) is 0 Å². The molecule has 1 aromatic rings. The van der Waals surface area contributed by atoms with Gasteiger partial charge in [-0.15, -0.1) is 0 Å². The molecule has 0 aromatic heterocycles. The second kappa shape index (κ2) is 9.43. The van der Waals surface area contributed by atoms with Crippen molar-refractivity contribution in [3.05, 3.63) is 53.6 Å². The Morgan fingerprint density at radius 1 is 1.22 bits per heavy atom. The maximum absolute atomic E-state index is 12.9. The van der Waals surface area contributed by atoms with E-state index < -0.39 is 29.6 Å². The molecule has 2 aliphatic heterocycles. The number of epoxide rings is 1. The van der Waals surface area contributed by atoms with Crippen LogP contribution < -0.4 is 0 Å². The number of ether oxygens (including phenoxy) is 3. The van der Waals surface area contributed by atoms with E-state index in [1.54, 1.807) is 12.2 Å². The first-order valence-electron chi connectivity index (χ1n) is 13.0. The van der Waals surface area contributed by atoms with Gasteiger partial charge in [-0.3, -0.25) is 0 Å². The Kier molecular flexibility index (Phi) is 6.60. The van der Waals surface area contributed by atoms with E-state index in [0.29, 0.717) is 25.0 Å². The summed E-state index contributed by atoms with van der Waals surface area (Å²) >= 11 is 0. The second-order valence-electron chi connectivity index (χ2n) is 11.4. The standard InChI is InChI=1S/C29H36O7/c1-27-13-11-24(31)28(2,17-30)22(27)10-14-29(18-35-29)23(27)16-21(20-12-15-34-26(20)33)36-25(32)9-8-19-6-4-3-5-7-19/h3-9,12,21-24,30-31H,10-11,13-18H2,1-2H3/b9-8+/t21?,22?,23-,24-,27+,28+,29+/m1/s1. The summed E-state index contributed by atoms with van der Waals surface area (Å²) in [7, 11) is 0. The van der Waals surface area contributed by atoms with Crippen LogP contribution in [0.4, 0.5) is 0 Å². The number of benzene rings is 1. The minimum absolute atomic E-state index is 0.00710. The van der Waals surface area contributed by atoms with E-state index in [9.17, 15) is 19.8 Å². The summed E-state index contributed by atoms with van der Waals surface area (Å²) < 4.78 is 17.2. The first-order chi connectivity index (χ1) is 17.2. The number of rotatable bonds is 7. The van der Waals surface area contributed by atoms with Crippen LogP contribution in [0.25, 0.3) is 6.08 Å². The first kappa shape index (κ1) is 25.2. The van der Waals surface area contributed by atoms with Gasteiger partial charge in [0.05, 0.1) is 30.5 Å². The number of aliphatic hydroxyl groups excluding tert-OH is 2. The van der Waals surface area contributed by atoms with Crippen molar-refractivity contribution < 1.29 is 34.0 Å². The van der Waals surface area contributed by atoms with Crippen molar-refractivity contribution in [2.75, 3.05) is 19.8 Å². The Morgan fingerprint density at radius 3 is 2.61 bits per heavy atom. The molecule has 1 saturated heterocycles. The first-order valence-corrected chi connectivity index (χ1v) is 13.0. The fourth-order valence-electron chi connectivity index (χ4n) is 7.31. The average molecular weight is 497 g/mol. The van der Waals surface area contributed by atoms with Gasteiger partial charge in [0, 0.05) is 11.5 Å². The highest BCUT2D eigenvalue weighted by Gasteiger charge is 2.67. The van der Waals surface area contributed by atoms with E-state index >= 15 is 0 Å². The van der Waals surface area contributed by atoms with Crippen LogP contribution in [0.3, 0.4) is 0 Å². The minimum atomic E-state index is -0.762. The highest BCUT2D eigenvalue weighted by Crippen LogP contribution is 2.66. The van der Waals surface area contributed by atoms with Crippen LogP contribution in [0.5, 0.6) is 0 Å². The number of esters is 2. The molecule has 2 N–H and O–H groups in total. The molecule has 2 aliphatic carbocycles. The predicted molar refractivity (Wildman–Crippen MR) is 132 cm³/mol. The summed E-state index contributed by atoms with van der Waals surface area (Å²) in [6, 6.07) is 9.48. The van der Waals surface area contributed by atoms with E-state index in [2.05, 4.69) is 6.92 Å². The summed E-state index contributed by atoms with van der Waals surface area (Å²) in [4.78, 5) is 25.4. The molecule has 194 valence electrons. The third-order valence-corrected chi connectivity index (χ3v) is 9.47. The molecule has 2 unspecified atom stereocenters. The van der Waals surface area contributed by atoms with Crippen LogP contribution >= 0.6 is 0 Å². The van der Waals surface area contributed by atoms with E-state index in [4.69, 9.17) is 14.2 Å². The molecular weight excluding hydrogens is 460 g/mol. The second-order valence-corrected chi connectivity index (χ2v) is 11.4. The smallest absolute Gasteiger partial charge is 0.337 e. The molecule has 5 rings (SSSR count). The molecule has 4 aliphatic rings. The Labute approximate surface area is 212 Å². The number of hydrogen-bond donors (Lipinski definition) is 2. The Balaban J connectivity index is 1.42. The fraction of sp³-hybridized carbons (Fsp3) is 0.586. The highest BCUT2D eigenvalue weighted by molar-refractivity contribution is 5.93. The van der Waals surface area contributed by atoms with Crippen molar-refractivity contribution in [3.8, 4) is 0 Å². The van der Waals surface area contributed by atoms with Gasteiger partial charge in [0.15, 0.2) is 0 Å². The maximum Gasteiger partial charge on any atom is 0.337 e. The Morgan fingerprint density at radius 2 is 1.97 bits per heavy atom. The summed E-state index contributed by atoms with van der Waals surface area (Å²) in [5.74, 6) is -0.904. The summed E-state index contributed by atoms with van der Waals surface area (Å²) in [5.41, 5.74) is 0.0651. The van der Waals surface area contributed by atoms with Gasteiger partial charge in [-0.25, -0.2) is 9.59 Å². The largest absolute Gasteiger partial charge is 0.458 e. The van der Waals surface area contributed by atoms with Crippen LogP contribution in [-0.2, 0) is 23.8 Å². The van der Waals surface area contributed by atoms with E-state index in [1.807, 2.05) is 37.3 Å². The fourth-order valence-corrected chi connectivity index (χ4v) is 7.31. The van der Waals surface area contributed by atoms with Crippen molar-refractivity contribution in [1.29, 1.82) is 0 Å². The van der Waals surface area contributed by atoms with Gasteiger partial charge in [-0.05, 0) is 67.1 Å². The van der Waals surface area contributed by atoms with Crippen molar-refractivity contribution in [2.24, 2.45) is 22.7 Å². The van der Waals surface area contributed by atoms with Gasteiger partial charge in [0.1, 0.15) is 12.7 Å². The van der Waals surface area contributed by atoms with E-state index in [0.717, 1.165) is 24.8 Å². The summed E-state index contributed by atoms with van der Waals surface area (Å²) in [5, 5.41) is 21.2. The van der Waals surface area contributed by atoms with Crippen molar-refractivity contribution >= 4 is 18.0 Å². The zero-order valence-electron chi connectivity index (χ0n) is 21.0. The number of aliphatic hydroxyl groups is 2. The molecule has 36 heavy (non-hydrogen) atoms. The lowest BCUT2D eigenvalue weighted by atomic mass is 9.44. The normalized spacial score (nSPS) is 38.4. The van der Waals surface area contributed by atoms with Crippen LogP contribution in [0.15, 0.2) is 48.1 Å². The average Bonchev–Trinajstić information content (AvgIpc) is 3.52. The van der Waals surface area contributed by atoms with Crippen LogP contribution in [0, 0.1) is 22.7 Å². The number of hydrogen-bond acceptors (Lipinski definition) is 7. The number of fused-ring (bicyclic) bond motifs is 1. The lowest BCUT2D eigenvalue weighted by molar-refractivity contribution is -0.182. The molecular formula is C29H36O7. The van der Waals surface area contributed by atoms with Crippen LogP contribution in [0.2, 0.25) is 0 Å². The molecule has 1 aromatic carbocycles. The highest BCUT2D eigenvalue weighted by atomic mass is 16.6. The van der Waals surface area contributed by atoms with Gasteiger partial charge in [-0.2, -0.15) is 0 Å². The number of carbonyl (C=O) groups is 2. The molecule has 0 radical (unpaired) electrons. The molecule has 0 bridgehead atoms. The van der Waals surface area contributed by atoms with Gasteiger partial charge >= 0.3 is 11.9 Å². The van der Waals surface area contributed by atoms with Crippen LogP contribution in [-0.4, -0.2) is 59.8 Å². The topological polar surface area (TPSA) is 106 Å². The minimum Gasteiger partial charge on any atom is -0.458 e. The molecule has 7 heteroatoms. The van der Waals surface area contributed by atoms with Gasteiger partial charge in [-0.1, -0.05) is 44.2 Å². The molecule has 3 fully saturated rings. The lowest BCUT2D eigenvalue weighted by Crippen LogP contribution is -2.61. The van der Waals surface area contributed by atoms with E-state index in [-0.39, 0.29) is 36.1 Å². The molecule has 2 saturated carbocycles. The zero-order chi connectivity index (χ0) is 25.6. The van der Waals surface area contributed by atoms with Crippen LogP contribution in [0.1, 0.15) is 51.5 Å². The SMILES string of the molecule is C[C@]1(CO)C2CC[C@]3(CO3)[C@H](CC(OC(=O)/C=C/c3ccccc3)C3=CCOC3=O)[C@@]2(C)CC[C@H]1O. The number of cyclic esters (lactones) is 1. The predicted octanol–water partition coefficient (Wildman–Crippen LogP) is 3.44. The summed E-state index contributed by atoms with van der Waals surface area (Å²) in [6.07, 6.45) is 6.92. The van der Waals surface area contributed by atoms with Crippen molar-refractivity contribution in [1.82, 2.24) is 0 Å². The quantitative estimate of drug-likeness (QED) is 0.338. The number of carbonyl (C=O) groups excluding carboxylic acids is 2. The van der Waals surface area contributed by atoms with Crippen molar-refractivity contribution in [3.63, 3.8) is 0 Å².